The molecule has 3 aromatic rings. The molecule has 2 aliphatic rings. The Morgan fingerprint density at radius 3 is 2.55 bits per heavy atom. The topological polar surface area (TPSA) is 105 Å². The average Bonchev–Trinajstić information content (AvgIpc) is 3.14. The van der Waals surface area contributed by atoms with Gasteiger partial charge in [-0.05, 0) is 52.7 Å². The smallest absolute Gasteiger partial charge is 0.241 e. The predicted octanol–water partition coefficient (Wildman–Crippen LogP) is 2.92. The van der Waals surface area contributed by atoms with Crippen molar-refractivity contribution in [1.29, 1.82) is 0 Å². The van der Waals surface area contributed by atoms with Crippen LogP contribution in [-0.2, 0) is 10.0 Å². The van der Waals surface area contributed by atoms with E-state index in [0.29, 0.717) is 10.6 Å². The van der Waals surface area contributed by atoms with Crippen LogP contribution in [0.25, 0.3) is 16.0 Å². The van der Waals surface area contributed by atoms with Gasteiger partial charge in [-0.3, -0.25) is 0 Å². The number of alkyl halides is 1. The number of nitrogens with zero attached hydrogens (tertiary/aromatic N) is 5. The minimum absolute atomic E-state index is 0.183. The van der Waals surface area contributed by atoms with Crippen LogP contribution < -0.4 is 14.9 Å². The molecule has 178 valence electrons. The van der Waals surface area contributed by atoms with Crippen LogP contribution in [0.15, 0.2) is 23.2 Å². The minimum Gasteiger partial charge on any atom is -0.368 e. The fraction of sp³-hybridized carbons (Fsp3) is 0.571. The lowest BCUT2D eigenvalue weighted by atomic mass is 10.1. The quantitative estimate of drug-likeness (QED) is 0.544. The van der Waals surface area contributed by atoms with Crippen molar-refractivity contribution in [3.05, 3.63) is 23.3 Å². The maximum atomic E-state index is 13.7. The first kappa shape index (κ1) is 22.6. The molecule has 2 N–H and O–H groups in total. The van der Waals surface area contributed by atoms with Crippen molar-refractivity contribution >= 4 is 38.0 Å². The number of halogens is 1. The monoisotopic (exact) mass is 493 g/mol. The maximum Gasteiger partial charge on any atom is 0.241 e. The Morgan fingerprint density at radius 1 is 1.24 bits per heavy atom. The summed E-state index contributed by atoms with van der Waals surface area (Å²) in [5.41, 5.74) is 1.02. The van der Waals surface area contributed by atoms with E-state index in [9.17, 15) is 12.8 Å². The first-order valence-corrected chi connectivity index (χ1v) is 13.4. The number of aromatic nitrogens is 4. The Balaban J connectivity index is 1.67. The largest absolute Gasteiger partial charge is 0.368 e. The number of rotatable bonds is 6. The number of benzene rings is 1. The number of anilines is 1. The highest BCUT2D eigenvalue weighted by atomic mass is 32.2. The van der Waals surface area contributed by atoms with Crippen LogP contribution in [0, 0.1) is 0 Å². The molecule has 0 bridgehead atoms. The standard InChI is InChI=1S/C21H28FN7O2S2/c1-12-10-28(11-13(2)24-12)17-7-15(33(30,31)27-21(4)5-6-21)8-18-16(17)9-23-29(18)20-26-25-19(32-20)14(3)22/h7-9,12-14,24,27H,5-6,10-11H2,1-4H3/t12-,13+,14?. The summed E-state index contributed by atoms with van der Waals surface area (Å²) >= 11 is 1.10. The molecule has 0 amide bonds. The Hall–Kier alpha value is -2.15. The third-order valence-corrected chi connectivity index (χ3v) is 8.85. The van der Waals surface area contributed by atoms with E-state index in [1.165, 1.54) is 6.92 Å². The first-order chi connectivity index (χ1) is 15.5. The molecule has 0 radical (unpaired) electrons. The van der Waals surface area contributed by atoms with Crippen LogP contribution in [0.4, 0.5) is 10.1 Å². The summed E-state index contributed by atoms with van der Waals surface area (Å²) in [6, 6.07) is 3.86. The van der Waals surface area contributed by atoms with Crippen molar-refractivity contribution < 1.29 is 12.8 Å². The fourth-order valence-electron chi connectivity index (χ4n) is 4.32. The van der Waals surface area contributed by atoms with E-state index in [-0.39, 0.29) is 22.0 Å². The van der Waals surface area contributed by atoms with Gasteiger partial charge in [0.05, 0.1) is 16.6 Å². The van der Waals surface area contributed by atoms with Crippen LogP contribution in [0.1, 0.15) is 51.7 Å². The summed E-state index contributed by atoms with van der Waals surface area (Å²) in [7, 11) is -3.75. The molecule has 3 atom stereocenters. The SMILES string of the molecule is CC(F)c1nnc(-n2ncc3c(N4C[C@@H](C)N[C@@H](C)C4)cc(S(=O)(=O)NC4(C)CC4)cc32)s1. The van der Waals surface area contributed by atoms with Crippen LogP contribution in [0.5, 0.6) is 0 Å². The van der Waals surface area contributed by atoms with Gasteiger partial charge < -0.3 is 10.2 Å². The number of fused-ring (bicyclic) bond motifs is 1. The molecule has 1 aliphatic heterocycles. The Labute approximate surface area is 196 Å². The second kappa shape index (κ2) is 7.97. The lowest BCUT2D eigenvalue weighted by Crippen LogP contribution is -2.54. The maximum absolute atomic E-state index is 13.7. The first-order valence-electron chi connectivity index (χ1n) is 11.1. The zero-order chi connectivity index (χ0) is 23.5. The van der Waals surface area contributed by atoms with Crippen LogP contribution in [-0.4, -0.2) is 59.1 Å². The van der Waals surface area contributed by atoms with Gasteiger partial charge in [0.2, 0.25) is 15.2 Å². The van der Waals surface area contributed by atoms with Crippen LogP contribution in [0.3, 0.4) is 0 Å². The molecule has 2 aromatic heterocycles. The molecule has 1 aliphatic carbocycles. The van der Waals surface area contributed by atoms with Gasteiger partial charge in [-0.15, -0.1) is 10.2 Å². The normalized spacial score (nSPS) is 23.7. The van der Waals surface area contributed by atoms with E-state index in [0.717, 1.165) is 48.3 Å². The summed E-state index contributed by atoms with van der Waals surface area (Å²) < 4.78 is 44.8. The second-order valence-corrected chi connectivity index (χ2v) is 12.2. The van der Waals surface area contributed by atoms with Gasteiger partial charge in [-0.25, -0.2) is 22.2 Å². The van der Waals surface area contributed by atoms with E-state index in [1.807, 2.05) is 6.92 Å². The van der Waals surface area contributed by atoms with Gasteiger partial charge in [0, 0.05) is 41.8 Å². The minimum atomic E-state index is -3.75. The van der Waals surface area contributed by atoms with Gasteiger partial charge in [0.1, 0.15) is 0 Å². The number of sulfonamides is 1. The molecule has 12 heteroatoms. The second-order valence-electron chi connectivity index (χ2n) is 9.51. The molecular weight excluding hydrogens is 465 g/mol. The van der Waals surface area contributed by atoms with Gasteiger partial charge in [-0.2, -0.15) is 5.10 Å². The molecule has 1 unspecified atom stereocenters. The number of hydrogen-bond acceptors (Lipinski definition) is 8. The molecule has 33 heavy (non-hydrogen) atoms. The molecule has 5 rings (SSSR count). The molecule has 9 nitrogen and oxygen atoms in total. The van der Waals surface area contributed by atoms with Gasteiger partial charge in [0.25, 0.3) is 0 Å². The van der Waals surface area contributed by atoms with Crippen molar-refractivity contribution in [3.8, 4) is 5.13 Å². The van der Waals surface area contributed by atoms with Crippen molar-refractivity contribution in [1.82, 2.24) is 30.0 Å². The number of hydrogen-bond donors (Lipinski definition) is 2. The van der Waals surface area contributed by atoms with Crippen LogP contribution in [0.2, 0.25) is 0 Å². The lowest BCUT2D eigenvalue weighted by Gasteiger charge is -2.38. The number of nitrogens with one attached hydrogen (secondary N) is 2. The highest BCUT2D eigenvalue weighted by molar-refractivity contribution is 7.89. The number of piperazine rings is 1. The Bertz CT molecular complexity index is 1290. The average molecular weight is 494 g/mol. The fourth-order valence-corrected chi connectivity index (χ4v) is 6.57. The molecular formula is C21H28FN7O2S2. The van der Waals surface area contributed by atoms with E-state index < -0.39 is 21.7 Å². The molecule has 3 heterocycles. The van der Waals surface area contributed by atoms with Crippen molar-refractivity contribution in [2.75, 3.05) is 18.0 Å². The zero-order valence-corrected chi connectivity index (χ0v) is 20.7. The highest BCUT2D eigenvalue weighted by Gasteiger charge is 2.41. The summed E-state index contributed by atoms with van der Waals surface area (Å²) in [6.45, 7) is 9.02. The molecule has 1 aromatic carbocycles. The summed E-state index contributed by atoms with van der Waals surface area (Å²) in [5.74, 6) is 0. The van der Waals surface area contributed by atoms with Gasteiger partial charge >= 0.3 is 0 Å². The Morgan fingerprint density at radius 2 is 1.94 bits per heavy atom. The van der Waals surface area contributed by atoms with E-state index in [2.05, 4.69) is 44.1 Å². The van der Waals surface area contributed by atoms with E-state index in [4.69, 9.17) is 0 Å². The molecule has 1 saturated carbocycles. The summed E-state index contributed by atoms with van der Waals surface area (Å²) in [5, 5.41) is 17.5. The van der Waals surface area contributed by atoms with Gasteiger partial charge in [0.15, 0.2) is 11.2 Å². The van der Waals surface area contributed by atoms with Crippen molar-refractivity contribution in [2.24, 2.45) is 0 Å². The van der Waals surface area contributed by atoms with E-state index in [1.54, 1.807) is 23.0 Å². The van der Waals surface area contributed by atoms with Gasteiger partial charge in [-0.1, -0.05) is 11.3 Å². The summed E-state index contributed by atoms with van der Waals surface area (Å²) in [4.78, 5) is 2.38. The van der Waals surface area contributed by atoms with Crippen molar-refractivity contribution in [3.63, 3.8) is 0 Å². The molecule has 2 fully saturated rings. The highest BCUT2D eigenvalue weighted by Crippen LogP contribution is 2.38. The van der Waals surface area contributed by atoms with Crippen molar-refractivity contribution in [2.45, 2.75) is 69.2 Å². The Kier molecular flexibility index (Phi) is 5.46. The molecule has 1 saturated heterocycles. The van der Waals surface area contributed by atoms with E-state index >= 15 is 0 Å². The third-order valence-electron chi connectivity index (χ3n) is 6.18. The van der Waals surface area contributed by atoms with Crippen LogP contribution >= 0.6 is 11.3 Å². The third kappa shape index (κ3) is 4.36. The zero-order valence-electron chi connectivity index (χ0n) is 19.0. The summed E-state index contributed by atoms with van der Waals surface area (Å²) in [6.07, 6.45) is 2.12. The predicted molar refractivity (Wildman–Crippen MR) is 126 cm³/mol. The molecule has 0 spiro atoms. The lowest BCUT2D eigenvalue weighted by molar-refractivity contribution is 0.371.